The predicted octanol–water partition coefficient (Wildman–Crippen LogP) is 3.52. The Morgan fingerprint density at radius 1 is 1.00 bits per heavy atom. The fraction of sp³-hybridized carbons (Fsp3) is 0.920. The largest absolute Gasteiger partial charge is 0.348 e. The third-order valence-electron chi connectivity index (χ3n) is 9.90. The van der Waals surface area contributed by atoms with Crippen LogP contribution in [0, 0.1) is 40.9 Å². The first-order chi connectivity index (χ1) is 15.3. The molecule has 4 aliphatic rings. The SMILES string of the molecule is BCCC1C(C2CCC(C)CC2)CCC2(C)C(C(=O)CN(N)C(=O)N(N)C3CC3)CCC12. The van der Waals surface area contributed by atoms with Crippen LogP contribution in [0.2, 0.25) is 6.32 Å². The molecule has 32 heavy (non-hydrogen) atoms. The topological polar surface area (TPSA) is 92.7 Å². The fourth-order valence-corrected chi connectivity index (χ4v) is 7.90. The molecule has 6 nitrogen and oxygen atoms in total. The van der Waals surface area contributed by atoms with Gasteiger partial charge in [-0.2, -0.15) is 0 Å². The molecule has 0 heterocycles. The molecule has 0 aromatic heterocycles. The number of Topliss-reactive ketones (excluding diaryl/α,β-unsaturated/α-hetero) is 1. The molecule has 180 valence electrons. The van der Waals surface area contributed by atoms with E-state index in [1.807, 2.05) is 0 Å². The third kappa shape index (κ3) is 4.61. The summed E-state index contributed by atoms with van der Waals surface area (Å²) in [5, 5.41) is 2.26. The van der Waals surface area contributed by atoms with Gasteiger partial charge < -0.3 is 0 Å². The van der Waals surface area contributed by atoms with Gasteiger partial charge in [-0.1, -0.05) is 39.4 Å². The lowest BCUT2D eigenvalue weighted by molar-refractivity contribution is -0.129. The van der Waals surface area contributed by atoms with Gasteiger partial charge in [-0.05, 0) is 86.4 Å². The van der Waals surface area contributed by atoms with Crippen LogP contribution in [-0.4, -0.2) is 42.3 Å². The van der Waals surface area contributed by atoms with Gasteiger partial charge in [0.05, 0.1) is 12.6 Å². The maximum atomic E-state index is 13.4. The molecule has 0 aliphatic heterocycles. The van der Waals surface area contributed by atoms with Crippen LogP contribution in [0.15, 0.2) is 0 Å². The van der Waals surface area contributed by atoms with Crippen LogP contribution in [0.3, 0.4) is 0 Å². The first-order valence-corrected chi connectivity index (χ1v) is 13.4. The highest BCUT2D eigenvalue weighted by Gasteiger charge is 2.56. The molecule has 0 aromatic carbocycles. The summed E-state index contributed by atoms with van der Waals surface area (Å²) in [6, 6.07) is -0.343. The fourth-order valence-electron chi connectivity index (χ4n) is 7.90. The molecular formula is C25H45BN4O2. The van der Waals surface area contributed by atoms with Crippen LogP contribution in [0.1, 0.15) is 84.5 Å². The van der Waals surface area contributed by atoms with Gasteiger partial charge in [0.15, 0.2) is 5.78 Å². The van der Waals surface area contributed by atoms with Crippen LogP contribution < -0.4 is 11.7 Å². The lowest BCUT2D eigenvalue weighted by Gasteiger charge is -2.51. The number of hydrogen-bond acceptors (Lipinski definition) is 4. The molecule has 4 rings (SSSR count). The number of nitrogens with two attached hydrogens (primary N) is 2. The smallest absolute Gasteiger partial charge is 0.297 e. The molecule has 5 atom stereocenters. The van der Waals surface area contributed by atoms with E-state index < -0.39 is 6.03 Å². The highest BCUT2D eigenvalue weighted by molar-refractivity contribution is 6.08. The first kappa shape index (κ1) is 24.1. The third-order valence-corrected chi connectivity index (χ3v) is 9.90. The molecule has 4 fully saturated rings. The van der Waals surface area contributed by atoms with E-state index >= 15 is 0 Å². The lowest BCUT2D eigenvalue weighted by atomic mass is 9.53. The number of carbonyl (C=O) groups is 2. The van der Waals surface area contributed by atoms with E-state index in [0.29, 0.717) is 5.92 Å². The van der Waals surface area contributed by atoms with Crippen LogP contribution in [0.25, 0.3) is 0 Å². The number of hydrazine groups is 2. The summed E-state index contributed by atoms with van der Waals surface area (Å²) in [5.41, 5.74) is 0.0537. The van der Waals surface area contributed by atoms with E-state index in [1.165, 1.54) is 49.9 Å². The molecule has 4 aliphatic carbocycles. The van der Waals surface area contributed by atoms with Gasteiger partial charge in [0.25, 0.3) is 0 Å². The Morgan fingerprint density at radius 3 is 2.31 bits per heavy atom. The van der Waals surface area contributed by atoms with E-state index in [-0.39, 0.29) is 29.7 Å². The Morgan fingerprint density at radius 2 is 1.69 bits per heavy atom. The van der Waals surface area contributed by atoms with Crippen molar-refractivity contribution >= 4 is 19.7 Å². The summed E-state index contributed by atoms with van der Waals surface area (Å²) < 4.78 is 0. The van der Waals surface area contributed by atoms with Gasteiger partial charge in [-0.25, -0.2) is 16.5 Å². The second-order valence-electron chi connectivity index (χ2n) is 11.9. The number of fused-ring (bicyclic) bond motifs is 1. The number of ketones is 1. The molecule has 4 saturated carbocycles. The number of nitrogens with zero attached hydrogens (tertiary/aromatic N) is 2. The Labute approximate surface area is 195 Å². The average molecular weight is 444 g/mol. The molecule has 0 saturated heterocycles. The van der Waals surface area contributed by atoms with Crippen molar-refractivity contribution in [3.8, 4) is 0 Å². The molecule has 0 radical (unpaired) electrons. The zero-order chi connectivity index (χ0) is 23.0. The highest BCUT2D eigenvalue weighted by atomic mass is 16.2. The summed E-state index contributed by atoms with van der Waals surface area (Å²) in [6.45, 7) is 4.76. The zero-order valence-corrected chi connectivity index (χ0v) is 20.6. The Bertz CT molecular complexity index is 693. The normalized spacial score (nSPS) is 39.4. The van der Waals surface area contributed by atoms with Crippen molar-refractivity contribution in [1.82, 2.24) is 10.0 Å². The summed E-state index contributed by atoms with van der Waals surface area (Å²) >= 11 is 0. The van der Waals surface area contributed by atoms with Crippen molar-refractivity contribution in [3.63, 3.8) is 0 Å². The summed E-state index contributed by atoms with van der Waals surface area (Å²) in [7, 11) is 2.32. The highest BCUT2D eigenvalue weighted by Crippen LogP contribution is 2.62. The average Bonchev–Trinajstić information content (AvgIpc) is 3.55. The molecule has 0 spiro atoms. The van der Waals surface area contributed by atoms with Crippen molar-refractivity contribution in [2.75, 3.05) is 6.54 Å². The maximum Gasteiger partial charge on any atom is 0.348 e. The lowest BCUT2D eigenvalue weighted by Crippen LogP contribution is -2.54. The minimum absolute atomic E-state index is 0.0187. The van der Waals surface area contributed by atoms with E-state index in [1.54, 1.807) is 0 Å². The van der Waals surface area contributed by atoms with Gasteiger partial charge in [0.2, 0.25) is 0 Å². The number of amides is 2. The number of hydrogen-bond donors (Lipinski definition) is 2. The molecule has 7 heteroatoms. The van der Waals surface area contributed by atoms with Crippen molar-refractivity contribution in [2.24, 2.45) is 52.6 Å². The van der Waals surface area contributed by atoms with Gasteiger partial charge in [-0.3, -0.25) is 14.8 Å². The van der Waals surface area contributed by atoms with Gasteiger partial charge >= 0.3 is 6.03 Å². The van der Waals surface area contributed by atoms with Crippen molar-refractivity contribution in [1.29, 1.82) is 0 Å². The minimum atomic E-state index is -0.431. The van der Waals surface area contributed by atoms with E-state index in [2.05, 4.69) is 21.7 Å². The van der Waals surface area contributed by atoms with E-state index in [0.717, 1.165) is 60.8 Å². The minimum Gasteiger partial charge on any atom is -0.297 e. The second-order valence-corrected chi connectivity index (χ2v) is 11.9. The standard InChI is InChI=1S/C25H45BN4O2/c1-16-3-5-17(6-4-16)19-11-13-25(2)21(20(19)12-14-26)9-10-22(25)23(31)15-29(27)24(32)30(28)18-7-8-18/h16-22H,3-15,26-28H2,1-2H3. The van der Waals surface area contributed by atoms with Crippen molar-refractivity contribution in [3.05, 3.63) is 0 Å². The number of carbonyl (C=O) groups excluding carboxylic acids is 2. The van der Waals surface area contributed by atoms with Crippen LogP contribution >= 0.6 is 0 Å². The second kappa shape index (κ2) is 9.65. The molecule has 0 bridgehead atoms. The number of rotatable bonds is 7. The summed E-state index contributed by atoms with van der Waals surface area (Å²) in [5.74, 6) is 16.0. The molecule has 5 unspecified atom stereocenters. The van der Waals surface area contributed by atoms with Gasteiger partial charge in [0, 0.05) is 5.92 Å². The van der Waals surface area contributed by atoms with E-state index in [4.69, 9.17) is 11.7 Å². The maximum absolute atomic E-state index is 13.4. The van der Waals surface area contributed by atoms with Crippen LogP contribution in [-0.2, 0) is 4.79 Å². The molecule has 4 N–H and O–H groups in total. The quantitative estimate of drug-likeness (QED) is 0.272. The van der Waals surface area contributed by atoms with Crippen molar-refractivity contribution in [2.45, 2.75) is 96.8 Å². The molecule has 0 aromatic rings. The summed E-state index contributed by atoms with van der Waals surface area (Å²) in [4.78, 5) is 25.8. The molecular weight excluding hydrogens is 399 g/mol. The van der Waals surface area contributed by atoms with Crippen molar-refractivity contribution < 1.29 is 9.59 Å². The Hall–Kier alpha value is -1.08. The van der Waals surface area contributed by atoms with E-state index in [9.17, 15) is 9.59 Å². The van der Waals surface area contributed by atoms with Gasteiger partial charge in [0.1, 0.15) is 7.85 Å². The van der Waals surface area contributed by atoms with Crippen LogP contribution in [0.4, 0.5) is 4.79 Å². The predicted molar refractivity (Wildman–Crippen MR) is 130 cm³/mol. The molecule has 2 amide bonds. The Balaban J connectivity index is 1.42. The summed E-state index contributed by atoms with van der Waals surface area (Å²) in [6.07, 6.45) is 14.5. The first-order valence-electron chi connectivity index (χ1n) is 13.4. The monoisotopic (exact) mass is 444 g/mol. The van der Waals surface area contributed by atoms with Gasteiger partial charge in [-0.15, -0.1) is 0 Å². The van der Waals surface area contributed by atoms with Crippen LogP contribution in [0.5, 0.6) is 0 Å². The zero-order valence-electron chi connectivity index (χ0n) is 20.6. The number of urea groups is 1. The Kier molecular flexibility index (Phi) is 7.26.